The second kappa shape index (κ2) is 8.44. The van der Waals surface area contributed by atoms with Crippen LogP contribution in [-0.2, 0) is 0 Å². The maximum atomic E-state index is 6.44. The zero-order chi connectivity index (χ0) is 25.9. The van der Waals surface area contributed by atoms with E-state index in [0.29, 0.717) is 0 Å². The Labute approximate surface area is 225 Å². The average molecular weight is 501 g/mol. The van der Waals surface area contributed by atoms with Crippen molar-refractivity contribution in [3.8, 4) is 27.9 Å². The van der Waals surface area contributed by atoms with Gasteiger partial charge in [-0.1, -0.05) is 91.0 Å². The Balaban J connectivity index is 1.22. The quantitative estimate of drug-likeness (QED) is 0.242. The van der Waals surface area contributed by atoms with Gasteiger partial charge in [0.2, 0.25) is 0 Å². The summed E-state index contributed by atoms with van der Waals surface area (Å²) in [6.07, 6.45) is 0. The van der Waals surface area contributed by atoms with Crippen molar-refractivity contribution in [1.29, 1.82) is 0 Å². The van der Waals surface area contributed by atoms with Crippen LogP contribution in [0.2, 0.25) is 0 Å². The van der Waals surface area contributed by atoms with Crippen LogP contribution in [0.3, 0.4) is 0 Å². The zero-order valence-corrected chi connectivity index (χ0v) is 21.4. The number of aromatic nitrogens is 2. The van der Waals surface area contributed by atoms with Gasteiger partial charge in [0, 0.05) is 22.0 Å². The highest BCUT2D eigenvalue weighted by Crippen LogP contribution is 2.41. The second-order valence-corrected chi connectivity index (χ2v) is 10.1. The van der Waals surface area contributed by atoms with E-state index in [0.717, 1.165) is 55.6 Å². The van der Waals surface area contributed by atoms with Crippen molar-refractivity contribution in [3.05, 3.63) is 133 Å². The molecule has 0 aliphatic heterocycles. The summed E-state index contributed by atoms with van der Waals surface area (Å²) in [7, 11) is 0. The standard InChI is InChI=1S/C36H24N2O/c1-23-37-32-11-5-6-12-33(32)38(23)28-20-18-25(19-21-28)24-14-16-26(17-15-24)35-29-9-3-2-8-27(29)22-31-30-10-4-7-13-34(30)39-36(31)35/h2-22H,1H3. The van der Waals surface area contributed by atoms with Crippen LogP contribution in [0.1, 0.15) is 5.82 Å². The molecule has 6 aromatic carbocycles. The van der Waals surface area contributed by atoms with Gasteiger partial charge in [-0.05, 0) is 70.8 Å². The number of fused-ring (bicyclic) bond motifs is 5. The molecule has 2 heterocycles. The van der Waals surface area contributed by atoms with Gasteiger partial charge in [-0.3, -0.25) is 4.57 Å². The Hall–Kier alpha value is -5.15. The molecule has 0 atom stereocenters. The fourth-order valence-corrected chi connectivity index (χ4v) is 5.91. The number of rotatable bonds is 3. The Morgan fingerprint density at radius 1 is 0.590 bits per heavy atom. The molecule has 0 aliphatic rings. The van der Waals surface area contributed by atoms with Gasteiger partial charge in [-0.15, -0.1) is 0 Å². The van der Waals surface area contributed by atoms with E-state index in [1.165, 1.54) is 21.9 Å². The molecule has 0 bridgehead atoms. The molecule has 2 aromatic heterocycles. The van der Waals surface area contributed by atoms with Gasteiger partial charge in [0.05, 0.1) is 11.0 Å². The predicted octanol–water partition coefficient (Wildman–Crippen LogP) is 9.72. The molecule has 3 heteroatoms. The lowest BCUT2D eigenvalue weighted by Gasteiger charge is -2.11. The molecule has 3 nitrogen and oxygen atoms in total. The molecule has 0 amide bonds. The minimum Gasteiger partial charge on any atom is -0.455 e. The molecule has 0 saturated carbocycles. The third-order valence-electron chi connectivity index (χ3n) is 7.75. The molecular weight excluding hydrogens is 476 g/mol. The lowest BCUT2D eigenvalue weighted by Crippen LogP contribution is -1.96. The van der Waals surface area contributed by atoms with E-state index in [2.05, 4.69) is 121 Å². The monoisotopic (exact) mass is 500 g/mol. The summed E-state index contributed by atoms with van der Waals surface area (Å²) in [6, 6.07) is 44.9. The number of furan rings is 1. The highest BCUT2D eigenvalue weighted by Gasteiger charge is 2.16. The van der Waals surface area contributed by atoms with Crippen LogP contribution in [0.5, 0.6) is 0 Å². The molecule has 184 valence electrons. The summed E-state index contributed by atoms with van der Waals surface area (Å²) < 4.78 is 8.65. The first-order valence-electron chi connectivity index (χ1n) is 13.2. The van der Waals surface area contributed by atoms with E-state index in [1.807, 2.05) is 18.2 Å². The van der Waals surface area contributed by atoms with Gasteiger partial charge in [0.1, 0.15) is 17.0 Å². The van der Waals surface area contributed by atoms with Gasteiger partial charge in [-0.2, -0.15) is 0 Å². The third kappa shape index (κ3) is 3.40. The molecule has 0 aliphatic carbocycles. The molecule has 0 fully saturated rings. The topological polar surface area (TPSA) is 31.0 Å². The number of nitrogens with zero attached hydrogens (tertiary/aromatic N) is 2. The molecule has 39 heavy (non-hydrogen) atoms. The van der Waals surface area contributed by atoms with Gasteiger partial charge in [0.25, 0.3) is 0 Å². The highest BCUT2D eigenvalue weighted by molar-refractivity contribution is 6.18. The summed E-state index contributed by atoms with van der Waals surface area (Å²) in [4.78, 5) is 4.72. The Kier molecular flexibility index (Phi) is 4.74. The number of hydrogen-bond acceptors (Lipinski definition) is 2. The number of benzene rings is 6. The zero-order valence-electron chi connectivity index (χ0n) is 21.4. The van der Waals surface area contributed by atoms with Crippen molar-refractivity contribution in [2.75, 3.05) is 0 Å². The molecule has 0 saturated heterocycles. The van der Waals surface area contributed by atoms with Crippen molar-refractivity contribution in [2.45, 2.75) is 6.92 Å². The Morgan fingerprint density at radius 2 is 1.23 bits per heavy atom. The van der Waals surface area contributed by atoms with Crippen LogP contribution >= 0.6 is 0 Å². The van der Waals surface area contributed by atoms with E-state index in [4.69, 9.17) is 9.40 Å². The SMILES string of the molecule is Cc1nc2ccccc2n1-c1ccc(-c2ccc(-c3c4ccccc4cc4c3oc3ccccc34)cc2)cc1. The largest absolute Gasteiger partial charge is 0.455 e. The van der Waals surface area contributed by atoms with Gasteiger partial charge in [0.15, 0.2) is 0 Å². The van der Waals surface area contributed by atoms with Crippen molar-refractivity contribution in [2.24, 2.45) is 0 Å². The first kappa shape index (κ1) is 21.9. The van der Waals surface area contributed by atoms with Crippen LogP contribution in [-0.4, -0.2) is 9.55 Å². The summed E-state index contributed by atoms with van der Waals surface area (Å²) in [5.41, 5.74) is 9.76. The van der Waals surface area contributed by atoms with E-state index in [-0.39, 0.29) is 0 Å². The Morgan fingerprint density at radius 3 is 2.05 bits per heavy atom. The fourth-order valence-electron chi connectivity index (χ4n) is 5.91. The maximum Gasteiger partial charge on any atom is 0.143 e. The van der Waals surface area contributed by atoms with Crippen LogP contribution < -0.4 is 0 Å². The van der Waals surface area contributed by atoms with Gasteiger partial charge >= 0.3 is 0 Å². The number of imidazole rings is 1. The average Bonchev–Trinajstić information content (AvgIpc) is 3.52. The van der Waals surface area contributed by atoms with Crippen LogP contribution in [0, 0.1) is 6.92 Å². The van der Waals surface area contributed by atoms with Crippen molar-refractivity contribution >= 4 is 43.7 Å². The van der Waals surface area contributed by atoms with Crippen molar-refractivity contribution in [1.82, 2.24) is 9.55 Å². The second-order valence-electron chi connectivity index (χ2n) is 10.1. The minimum atomic E-state index is 0.918. The first-order chi connectivity index (χ1) is 19.2. The van der Waals surface area contributed by atoms with Gasteiger partial charge < -0.3 is 4.42 Å². The maximum absolute atomic E-state index is 6.44. The van der Waals surface area contributed by atoms with Gasteiger partial charge in [-0.25, -0.2) is 4.98 Å². The van der Waals surface area contributed by atoms with Crippen LogP contribution in [0.15, 0.2) is 132 Å². The Bertz CT molecular complexity index is 2160. The third-order valence-corrected chi connectivity index (χ3v) is 7.75. The molecule has 0 unspecified atom stereocenters. The van der Waals surface area contributed by atoms with Crippen LogP contribution in [0.4, 0.5) is 0 Å². The van der Waals surface area contributed by atoms with E-state index in [1.54, 1.807) is 0 Å². The number of aryl methyl sites for hydroxylation is 1. The lowest BCUT2D eigenvalue weighted by atomic mass is 9.94. The van der Waals surface area contributed by atoms with E-state index in [9.17, 15) is 0 Å². The van der Waals surface area contributed by atoms with Crippen molar-refractivity contribution in [3.63, 3.8) is 0 Å². The van der Waals surface area contributed by atoms with Crippen molar-refractivity contribution < 1.29 is 4.42 Å². The summed E-state index contributed by atoms with van der Waals surface area (Å²) >= 11 is 0. The van der Waals surface area contributed by atoms with Crippen LogP contribution in [0.25, 0.3) is 71.7 Å². The van der Waals surface area contributed by atoms with E-state index >= 15 is 0 Å². The molecule has 0 N–H and O–H groups in total. The number of para-hydroxylation sites is 3. The lowest BCUT2D eigenvalue weighted by molar-refractivity contribution is 0.670. The molecule has 8 aromatic rings. The molecule has 8 rings (SSSR count). The highest BCUT2D eigenvalue weighted by atomic mass is 16.3. The molecule has 0 spiro atoms. The molecule has 0 radical (unpaired) electrons. The normalized spacial score (nSPS) is 11.7. The summed E-state index contributed by atoms with van der Waals surface area (Å²) in [6.45, 7) is 2.05. The summed E-state index contributed by atoms with van der Waals surface area (Å²) in [5, 5.41) is 4.72. The number of hydrogen-bond donors (Lipinski definition) is 0. The first-order valence-corrected chi connectivity index (χ1v) is 13.2. The molecular formula is C36H24N2O. The smallest absolute Gasteiger partial charge is 0.143 e. The summed E-state index contributed by atoms with van der Waals surface area (Å²) in [5.74, 6) is 0.986. The van der Waals surface area contributed by atoms with E-state index < -0.39 is 0 Å². The fraction of sp³-hybridized carbons (Fsp3) is 0.0278. The predicted molar refractivity (Wildman–Crippen MR) is 161 cm³/mol. The minimum absolute atomic E-state index is 0.918.